The second kappa shape index (κ2) is 28.1. The maximum Gasteiger partial charge on any atom is 0.306 e. The molecule has 0 saturated heterocycles. The number of esters is 2. The second-order valence-electron chi connectivity index (χ2n) is 29.4. The third-order valence-electron chi connectivity index (χ3n) is 17.0. The van der Waals surface area contributed by atoms with Crippen molar-refractivity contribution in [2.75, 3.05) is 10.2 Å². The number of hydrogen-bond donors (Lipinski definition) is 4. The number of ether oxygens (including phenoxy) is 2. The summed E-state index contributed by atoms with van der Waals surface area (Å²) < 4.78 is 13.5. The molecule has 0 radical (unpaired) electrons. The standard InChI is InChI=1S/C82H90N4O10/c1-49-21-17-25-55(37-49)85(56-26-18-22-50(2)38-56)59-29-31-61(67(45-59)83-69(87)33-35-71(89)95-47-53-41-63(79(5,6)7)75(91)64(42-53)80(8,9)10)73-77(93)74(78(73)94)62-32-30-60(86(57-27-19-23-51(3)39-57)58-28-20-24-52(4)40-58)46-68(62)84-70(88)34-36-72(90)96-48-54-43-65(81(11,12)13)76(92)66(44-54)82(14,15)16/h17-32,37-46H,33-36,47-48H2,1-16H3,(H4,83,84,87,88,91,92,93,94). The van der Waals surface area contributed by atoms with Crippen molar-refractivity contribution in [2.24, 2.45) is 0 Å². The number of Topliss-reactive ketones (excluding diaryl/α,β-unsaturated/α-hetero) is 1. The number of carbonyl (C=O) groups excluding carboxylic acids is 5. The zero-order valence-electron chi connectivity index (χ0n) is 58.3. The monoisotopic (exact) mass is 1290 g/mol. The Morgan fingerprint density at radius 2 is 0.896 bits per heavy atom. The fourth-order valence-corrected chi connectivity index (χ4v) is 12.0. The molecule has 498 valence electrons. The zero-order chi connectivity index (χ0) is 69.9. The number of benzene rings is 7. The number of aromatic hydroxyl groups is 2. The van der Waals surface area contributed by atoms with Gasteiger partial charge in [-0.3, -0.25) is 24.0 Å². The minimum absolute atomic E-state index is 0.0881. The molecule has 0 aliphatic heterocycles. The first-order valence-corrected chi connectivity index (χ1v) is 32.7. The van der Waals surface area contributed by atoms with Crippen molar-refractivity contribution in [2.45, 2.75) is 171 Å². The van der Waals surface area contributed by atoms with Crippen LogP contribution in [0.5, 0.6) is 11.5 Å². The summed E-state index contributed by atoms with van der Waals surface area (Å²) in [6.45, 7) is 31.8. The lowest BCUT2D eigenvalue weighted by molar-refractivity contribution is -0.297. The number of phenols is 2. The Balaban J connectivity index is 1.07. The molecule has 0 bridgehead atoms. The van der Waals surface area contributed by atoms with Crippen LogP contribution in [0.25, 0.3) is 5.57 Å². The van der Waals surface area contributed by atoms with Gasteiger partial charge in [0, 0.05) is 88.6 Å². The van der Waals surface area contributed by atoms with Crippen LogP contribution in [0.3, 0.4) is 0 Å². The Hall–Kier alpha value is -10.1. The van der Waals surface area contributed by atoms with Gasteiger partial charge in [0.15, 0.2) is 5.78 Å². The molecule has 14 nitrogen and oxygen atoms in total. The van der Waals surface area contributed by atoms with E-state index in [1.807, 2.05) is 242 Å². The minimum Gasteiger partial charge on any atom is -0.871 e. The number of ketones is 1. The van der Waals surface area contributed by atoms with E-state index in [9.17, 15) is 29.4 Å². The van der Waals surface area contributed by atoms with E-state index in [2.05, 4.69) is 10.6 Å². The first-order valence-electron chi connectivity index (χ1n) is 32.7. The third-order valence-corrected chi connectivity index (χ3v) is 17.0. The predicted molar refractivity (Wildman–Crippen MR) is 381 cm³/mol. The van der Waals surface area contributed by atoms with E-state index in [4.69, 9.17) is 9.47 Å². The maximum absolute atomic E-state index is 15.2. The summed E-state index contributed by atoms with van der Waals surface area (Å²) in [5.74, 6) is -3.30. The summed E-state index contributed by atoms with van der Waals surface area (Å²) in [6.07, 6.45) is 3.92. The zero-order valence-corrected chi connectivity index (χ0v) is 58.3. The first kappa shape index (κ1) is 70.2. The Morgan fingerprint density at radius 3 is 1.30 bits per heavy atom. The Bertz CT molecular complexity index is 4250. The van der Waals surface area contributed by atoms with Gasteiger partial charge in [-0.05, 0) is 172 Å². The van der Waals surface area contributed by atoms with Crippen molar-refractivity contribution >= 4 is 74.9 Å². The van der Waals surface area contributed by atoms with Crippen LogP contribution < -0.4 is 25.2 Å². The van der Waals surface area contributed by atoms with Crippen LogP contribution in [0.15, 0.2) is 180 Å². The number of hydrogen-bond acceptors (Lipinski definition) is 11. The molecule has 0 aromatic heterocycles. The number of aryl methyl sites for hydroxylation is 4. The summed E-state index contributed by atoms with van der Waals surface area (Å²) in [5, 5.41) is 43.7. The Kier molecular flexibility index (Phi) is 20.6. The van der Waals surface area contributed by atoms with Crippen LogP contribution in [-0.2, 0) is 68.3 Å². The molecule has 7 aromatic carbocycles. The number of rotatable bonds is 18. The molecular weight excluding hydrogens is 1200 g/mol. The van der Waals surface area contributed by atoms with Gasteiger partial charge in [0.2, 0.25) is 28.9 Å². The van der Waals surface area contributed by atoms with E-state index in [0.717, 1.165) is 67.3 Å². The van der Waals surface area contributed by atoms with Gasteiger partial charge in [-0.2, -0.15) is 4.58 Å². The van der Waals surface area contributed by atoms with Crippen molar-refractivity contribution in [1.29, 1.82) is 0 Å². The molecule has 0 saturated carbocycles. The molecule has 2 aliphatic rings. The number of amides is 2. The van der Waals surface area contributed by atoms with Crippen LogP contribution in [0.2, 0.25) is 0 Å². The van der Waals surface area contributed by atoms with Gasteiger partial charge in [-0.1, -0.05) is 143 Å². The highest BCUT2D eigenvalue weighted by Crippen LogP contribution is 2.46. The second-order valence-corrected chi connectivity index (χ2v) is 29.4. The molecule has 9 rings (SSSR count). The lowest BCUT2D eigenvalue weighted by atomic mass is 9.78. The van der Waals surface area contributed by atoms with E-state index in [1.165, 1.54) is 0 Å². The summed E-state index contributed by atoms with van der Waals surface area (Å²) >= 11 is 0. The van der Waals surface area contributed by atoms with E-state index in [-0.39, 0.29) is 84.1 Å². The van der Waals surface area contributed by atoms with Crippen LogP contribution in [0, 0.1) is 27.7 Å². The SMILES string of the molecule is Cc1cccc(N(c2cccc(C)c2)c2ccc(C3=C([O-])/C(=C4/C=CC(=[N+](c5cccc(C)c5)c5cccc(C)c5)C=C4NC(=O)CCC(=O)OCc4cc(C(C)(C)C)c(O)c(C(C)(C)C)c4)C3=O)c(NC(=O)CCC(=O)OCc3cc(C(C)(C)C)c(O)c(C(C)(C)C)c3)c2)c1. The molecule has 2 aliphatic carbocycles. The molecular formula is C82H90N4O10. The molecule has 4 N–H and O–H groups in total. The van der Waals surface area contributed by atoms with Gasteiger partial charge >= 0.3 is 11.9 Å². The molecule has 7 aromatic rings. The third kappa shape index (κ3) is 16.3. The maximum atomic E-state index is 15.2. The molecule has 0 spiro atoms. The molecule has 0 heterocycles. The van der Waals surface area contributed by atoms with E-state index < -0.39 is 57.0 Å². The van der Waals surface area contributed by atoms with Gasteiger partial charge in [-0.15, -0.1) is 0 Å². The highest BCUT2D eigenvalue weighted by atomic mass is 16.5. The fourth-order valence-electron chi connectivity index (χ4n) is 12.0. The van der Waals surface area contributed by atoms with Gasteiger partial charge in [0.1, 0.15) is 24.7 Å². The summed E-state index contributed by atoms with van der Waals surface area (Å²) in [7, 11) is 0. The van der Waals surface area contributed by atoms with Gasteiger partial charge in [-0.25, -0.2) is 0 Å². The minimum atomic E-state index is -0.640. The molecule has 2 amide bonds. The Labute approximate surface area is 565 Å². The molecule has 0 atom stereocenters. The molecule has 0 unspecified atom stereocenters. The first-order chi connectivity index (χ1) is 45.0. The molecule has 14 heteroatoms. The quantitative estimate of drug-likeness (QED) is 0.0362. The van der Waals surface area contributed by atoms with Crippen molar-refractivity contribution in [3.05, 3.63) is 242 Å². The number of nitrogens with one attached hydrogen (secondary N) is 2. The Morgan fingerprint density at radius 1 is 0.490 bits per heavy atom. The van der Waals surface area contributed by atoms with Crippen LogP contribution in [0.1, 0.15) is 170 Å². The number of nitrogens with zero attached hydrogens (tertiary/aromatic N) is 2. The summed E-state index contributed by atoms with van der Waals surface area (Å²) in [4.78, 5) is 72.9. The lowest BCUT2D eigenvalue weighted by Crippen LogP contribution is -2.34. The number of phenolic OH excluding ortho intramolecular Hbond substituents is 2. The van der Waals surface area contributed by atoms with Gasteiger partial charge in [0.25, 0.3) is 0 Å². The normalized spacial score (nSPS) is 14.2. The molecule has 0 fully saturated rings. The van der Waals surface area contributed by atoms with Crippen molar-refractivity contribution in [1.82, 2.24) is 9.89 Å². The number of allylic oxidation sites excluding steroid dienone is 5. The van der Waals surface area contributed by atoms with Crippen LogP contribution in [0.4, 0.5) is 34.1 Å². The highest BCUT2D eigenvalue weighted by molar-refractivity contribution is 6.40. The molecule has 96 heavy (non-hydrogen) atoms. The fraction of sp³-hybridized carbons (Fsp3) is 0.317. The van der Waals surface area contributed by atoms with Gasteiger partial charge < -0.3 is 40.3 Å². The summed E-state index contributed by atoms with van der Waals surface area (Å²) in [6, 6.07) is 44.2. The number of anilines is 4. The lowest BCUT2D eigenvalue weighted by Gasteiger charge is -2.34. The highest BCUT2D eigenvalue weighted by Gasteiger charge is 2.36. The average molecular weight is 1290 g/mol. The van der Waals surface area contributed by atoms with Gasteiger partial charge in [0.05, 0.1) is 24.2 Å². The van der Waals surface area contributed by atoms with Crippen LogP contribution >= 0.6 is 0 Å². The van der Waals surface area contributed by atoms with Crippen molar-refractivity contribution in [3.63, 3.8) is 0 Å². The van der Waals surface area contributed by atoms with Crippen molar-refractivity contribution in [3.8, 4) is 11.5 Å². The smallest absolute Gasteiger partial charge is 0.306 e. The van der Waals surface area contributed by atoms with Crippen molar-refractivity contribution < 1.29 is 48.8 Å². The van der Waals surface area contributed by atoms with E-state index in [0.29, 0.717) is 22.5 Å². The van der Waals surface area contributed by atoms with E-state index >= 15 is 9.90 Å². The topological polar surface area (TPSA) is 198 Å². The largest absolute Gasteiger partial charge is 0.871 e. The summed E-state index contributed by atoms with van der Waals surface area (Å²) in [5.41, 5.74) is 11.2. The van der Waals surface area contributed by atoms with Crippen LogP contribution in [-0.4, -0.2) is 45.5 Å². The number of carbonyl (C=O) groups is 5. The van der Waals surface area contributed by atoms with E-state index in [1.54, 1.807) is 36.4 Å². The predicted octanol–water partition coefficient (Wildman–Crippen LogP) is 16.5. The average Bonchev–Trinajstić information content (AvgIpc) is 0.755.